The summed E-state index contributed by atoms with van der Waals surface area (Å²) in [6.45, 7) is 0. The highest BCUT2D eigenvalue weighted by Crippen LogP contribution is 2.43. The first-order chi connectivity index (χ1) is 9.36. The number of nitrogens with one attached hydrogen (secondary N) is 1. The van der Waals surface area contributed by atoms with Gasteiger partial charge < -0.3 is 0 Å². The van der Waals surface area contributed by atoms with Gasteiger partial charge >= 0.3 is 0 Å². The van der Waals surface area contributed by atoms with Crippen molar-refractivity contribution in [3.8, 4) is 0 Å². The summed E-state index contributed by atoms with van der Waals surface area (Å²) in [5.74, 6) is 8.65. The molecule has 0 saturated heterocycles. The third-order valence-corrected chi connectivity index (χ3v) is 6.13. The molecular weight excluding hydrogens is 252 g/mol. The summed E-state index contributed by atoms with van der Waals surface area (Å²) < 4.78 is 0. The molecule has 3 heteroatoms. The quantitative estimate of drug-likeness (QED) is 0.650. The van der Waals surface area contributed by atoms with Crippen LogP contribution in [0, 0.1) is 17.8 Å². The second-order valence-electron chi connectivity index (χ2n) is 6.49. The van der Waals surface area contributed by atoms with Gasteiger partial charge in [-0.1, -0.05) is 25.7 Å². The van der Waals surface area contributed by atoms with Crippen LogP contribution >= 0.6 is 11.3 Å². The van der Waals surface area contributed by atoms with Crippen molar-refractivity contribution in [1.29, 1.82) is 0 Å². The molecule has 0 aliphatic heterocycles. The lowest BCUT2D eigenvalue weighted by molar-refractivity contribution is 0.109. The molecule has 0 aromatic carbocycles. The molecule has 0 amide bonds. The van der Waals surface area contributed by atoms with Crippen LogP contribution in [0.4, 0.5) is 0 Å². The van der Waals surface area contributed by atoms with E-state index < -0.39 is 0 Å². The maximum atomic E-state index is 5.84. The Kier molecular flexibility index (Phi) is 4.57. The van der Waals surface area contributed by atoms with Gasteiger partial charge in [0.05, 0.1) is 0 Å². The van der Waals surface area contributed by atoms with Gasteiger partial charge in [-0.2, -0.15) is 11.3 Å². The summed E-state index contributed by atoms with van der Waals surface area (Å²) in [5, 5.41) is 4.43. The predicted octanol–water partition coefficient (Wildman–Crippen LogP) is 3.73. The number of hydrogen-bond acceptors (Lipinski definition) is 3. The molecule has 0 bridgehead atoms. The lowest BCUT2D eigenvalue weighted by Gasteiger charge is -2.41. The fraction of sp³-hybridized carbons (Fsp3) is 0.750. The van der Waals surface area contributed by atoms with Gasteiger partial charge in [0.2, 0.25) is 0 Å². The van der Waals surface area contributed by atoms with Crippen molar-refractivity contribution < 1.29 is 0 Å². The van der Waals surface area contributed by atoms with Crippen molar-refractivity contribution in [1.82, 2.24) is 5.43 Å². The molecular formula is C16H26N2S. The molecule has 3 N–H and O–H groups in total. The Balaban J connectivity index is 1.60. The Morgan fingerprint density at radius 1 is 1.21 bits per heavy atom. The van der Waals surface area contributed by atoms with Crippen LogP contribution in [0.1, 0.15) is 50.5 Å². The standard InChI is InChI=1S/C16H26N2S/c17-18-16(9-12-7-8-19-11-12)15-6-5-13-3-1-2-4-14(13)10-15/h7-8,11,13-16,18H,1-6,9-10,17H2. The summed E-state index contributed by atoms with van der Waals surface area (Å²) >= 11 is 1.79. The van der Waals surface area contributed by atoms with Gasteiger partial charge in [0.1, 0.15) is 0 Å². The molecule has 4 atom stereocenters. The van der Waals surface area contributed by atoms with Gasteiger partial charge in [-0.05, 0) is 65.8 Å². The van der Waals surface area contributed by atoms with Gasteiger partial charge in [-0.15, -0.1) is 0 Å². The zero-order chi connectivity index (χ0) is 13.1. The number of nitrogens with two attached hydrogens (primary N) is 1. The average molecular weight is 278 g/mol. The van der Waals surface area contributed by atoms with E-state index in [0.29, 0.717) is 6.04 Å². The van der Waals surface area contributed by atoms with E-state index in [1.165, 1.54) is 50.5 Å². The Hall–Kier alpha value is -0.380. The second kappa shape index (κ2) is 6.38. The molecule has 2 saturated carbocycles. The van der Waals surface area contributed by atoms with Gasteiger partial charge in [-0.3, -0.25) is 11.3 Å². The molecule has 3 rings (SSSR count). The largest absolute Gasteiger partial charge is 0.271 e. The summed E-state index contributed by atoms with van der Waals surface area (Å²) in [7, 11) is 0. The molecule has 2 aliphatic carbocycles. The van der Waals surface area contributed by atoms with E-state index in [0.717, 1.165) is 24.2 Å². The second-order valence-corrected chi connectivity index (χ2v) is 7.27. The van der Waals surface area contributed by atoms with Crippen LogP contribution in [0.2, 0.25) is 0 Å². The lowest BCUT2D eigenvalue weighted by Crippen LogP contribution is -2.45. The fourth-order valence-electron chi connectivity index (χ4n) is 4.30. The van der Waals surface area contributed by atoms with Gasteiger partial charge in [0.25, 0.3) is 0 Å². The Labute approximate surface area is 120 Å². The number of hydrazine groups is 1. The highest BCUT2D eigenvalue weighted by molar-refractivity contribution is 7.07. The van der Waals surface area contributed by atoms with Crippen LogP contribution in [0.15, 0.2) is 16.8 Å². The van der Waals surface area contributed by atoms with E-state index in [1.54, 1.807) is 11.3 Å². The van der Waals surface area contributed by atoms with Crippen molar-refractivity contribution in [2.75, 3.05) is 0 Å². The first-order valence-electron chi connectivity index (χ1n) is 7.84. The van der Waals surface area contributed by atoms with Crippen LogP contribution in [-0.4, -0.2) is 6.04 Å². The Morgan fingerprint density at radius 3 is 2.79 bits per heavy atom. The lowest BCUT2D eigenvalue weighted by atomic mass is 9.66. The van der Waals surface area contributed by atoms with Crippen LogP contribution < -0.4 is 11.3 Å². The van der Waals surface area contributed by atoms with Gasteiger partial charge in [0.15, 0.2) is 0 Å². The van der Waals surface area contributed by atoms with Crippen molar-refractivity contribution in [2.45, 2.75) is 57.4 Å². The number of fused-ring (bicyclic) bond motifs is 1. The molecule has 1 aromatic rings. The molecule has 0 radical (unpaired) electrons. The van der Waals surface area contributed by atoms with Crippen molar-refractivity contribution in [2.24, 2.45) is 23.6 Å². The molecule has 1 aromatic heterocycles. The van der Waals surface area contributed by atoms with Gasteiger partial charge in [-0.25, -0.2) is 0 Å². The zero-order valence-electron chi connectivity index (χ0n) is 11.7. The molecule has 2 nitrogen and oxygen atoms in total. The normalized spacial score (nSPS) is 32.8. The number of thiophene rings is 1. The summed E-state index contributed by atoms with van der Waals surface area (Å²) in [6, 6.07) is 2.71. The van der Waals surface area contributed by atoms with Gasteiger partial charge in [0, 0.05) is 6.04 Å². The Bertz CT molecular complexity index is 376. The fourth-order valence-corrected chi connectivity index (χ4v) is 4.98. The first kappa shape index (κ1) is 13.6. The molecule has 2 fully saturated rings. The SMILES string of the molecule is NNC(Cc1ccsc1)C1CCC2CCCCC2C1. The summed E-state index contributed by atoms with van der Waals surface area (Å²) in [5.41, 5.74) is 4.55. The minimum Gasteiger partial charge on any atom is -0.271 e. The third kappa shape index (κ3) is 3.21. The maximum absolute atomic E-state index is 5.84. The Morgan fingerprint density at radius 2 is 2.05 bits per heavy atom. The number of hydrogen-bond donors (Lipinski definition) is 2. The minimum atomic E-state index is 0.470. The van der Waals surface area contributed by atoms with E-state index >= 15 is 0 Å². The molecule has 106 valence electrons. The van der Waals surface area contributed by atoms with E-state index in [2.05, 4.69) is 22.3 Å². The van der Waals surface area contributed by atoms with Crippen LogP contribution in [0.3, 0.4) is 0 Å². The molecule has 1 heterocycles. The smallest absolute Gasteiger partial charge is 0.0279 e. The van der Waals surface area contributed by atoms with E-state index in [4.69, 9.17) is 5.84 Å². The van der Waals surface area contributed by atoms with Crippen LogP contribution in [0.25, 0.3) is 0 Å². The topological polar surface area (TPSA) is 38.0 Å². The first-order valence-corrected chi connectivity index (χ1v) is 8.78. The zero-order valence-corrected chi connectivity index (χ0v) is 12.5. The summed E-state index contributed by atoms with van der Waals surface area (Å²) in [6.07, 6.45) is 11.2. The predicted molar refractivity (Wildman–Crippen MR) is 81.9 cm³/mol. The molecule has 2 aliphatic rings. The molecule has 0 spiro atoms. The van der Waals surface area contributed by atoms with Crippen LogP contribution in [-0.2, 0) is 6.42 Å². The average Bonchev–Trinajstić information content (AvgIpc) is 2.97. The monoisotopic (exact) mass is 278 g/mol. The van der Waals surface area contributed by atoms with E-state index in [1.807, 2.05) is 0 Å². The van der Waals surface area contributed by atoms with E-state index in [9.17, 15) is 0 Å². The maximum Gasteiger partial charge on any atom is 0.0279 e. The molecule has 19 heavy (non-hydrogen) atoms. The molecule has 4 unspecified atom stereocenters. The highest BCUT2D eigenvalue weighted by Gasteiger charge is 2.35. The third-order valence-electron chi connectivity index (χ3n) is 5.40. The number of rotatable bonds is 4. The van der Waals surface area contributed by atoms with Crippen molar-refractivity contribution in [3.63, 3.8) is 0 Å². The van der Waals surface area contributed by atoms with Crippen molar-refractivity contribution >= 4 is 11.3 Å². The highest BCUT2D eigenvalue weighted by atomic mass is 32.1. The van der Waals surface area contributed by atoms with E-state index in [-0.39, 0.29) is 0 Å². The summed E-state index contributed by atoms with van der Waals surface area (Å²) in [4.78, 5) is 0. The minimum absolute atomic E-state index is 0.470. The van der Waals surface area contributed by atoms with Crippen LogP contribution in [0.5, 0.6) is 0 Å². The van der Waals surface area contributed by atoms with Crippen molar-refractivity contribution in [3.05, 3.63) is 22.4 Å².